The lowest BCUT2D eigenvalue weighted by atomic mass is 10.1. The standard InChI is InChI=1S/C26H27FN4O2S/c27-20-7-5-18(6-8-20)17-29-22-15-19(26(32)28-9-10-31-11-13-33-14-12-31)16-24-25(22)30-21-3-1-2-4-23(21)34-24/h1-8,15-16,29-30H,9-14,17H2,(H,28,32). The monoisotopic (exact) mass is 478 g/mol. The summed E-state index contributed by atoms with van der Waals surface area (Å²) in [5, 5.41) is 10.0. The number of amides is 1. The molecule has 0 radical (unpaired) electrons. The molecule has 0 bridgehead atoms. The highest BCUT2D eigenvalue weighted by atomic mass is 32.2. The molecule has 2 aliphatic rings. The quantitative estimate of drug-likeness (QED) is 0.358. The van der Waals surface area contributed by atoms with Crippen LogP contribution in [-0.2, 0) is 11.3 Å². The number of carbonyl (C=O) groups excluding carboxylic acids is 1. The number of rotatable bonds is 7. The summed E-state index contributed by atoms with van der Waals surface area (Å²) >= 11 is 1.64. The second-order valence-corrected chi connectivity index (χ2v) is 9.39. The van der Waals surface area contributed by atoms with Crippen molar-refractivity contribution in [2.24, 2.45) is 0 Å². The van der Waals surface area contributed by atoms with E-state index in [1.807, 2.05) is 30.3 Å². The van der Waals surface area contributed by atoms with Crippen molar-refractivity contribution in [1.29, 1.82) is 0 Å². The van der Waals surface area contributed by atoms with E-state index in [-0.39, 0.29) is 11.7 Å². The molecule has 1 fully saturated rings. The second-order valence-electron chi connectivity index (χ2n) is 8.31. The van der Waals surface area contributed by atoms with Crippen LogP contribution in [0.2, 0.25) is 0 Å². The van der Waals surface area contributed by atoms with Crippen LogP contribution >= 0.6 is 11.8 Å². The molecule has 0 unspecified atom stereocenters. The van der Waals surface area contributed by atoms with Crippen molar-refractivity contribution < 1.29 is 13.9 Å². The molecule has 2 heterocycles. The maximum atomic E-state index is 13.3. The first-order valence-corrected chi connectivity index (χ1v) is 12.3. The summed E-state index contributed by atoms with van der Waals surface area (Å²) in [5.74, 6) is -0.355. The van der Waals surface area contributed by atoms with E-state index in [0.29, 0.717) is 18.7 Å². The highest BCUT2D eigenvalue weighted by Gasteiger charge is 2.21. The summed E-state index contributed by atoms with van der Waals surface area (Å²) < 4.78 is 18.7. The molecule has 6 nitrogen and oxygen atoms in total. The van der Waals surface area contributed by atoms with Crippen LogP contribution in [-0.4, -0.2) is 50.2 Å². The van der Waals surface area contributed by atoms with Crippen molar-refractivity contribution in [3.05, 3.63) is 77.6 Å². The summed E-state index contributed by atoms with van der Waals surface area (Å²) in [7, 11) is 0. The third-order valence-electron chi connectivity index (χ3n) is 5.94. The number of nitrogens with zero attached hydrogens (tertiary/aromatic N) is 1. The first-order valence-electron chi connectivity index (χ1n) is 11.4. The highest BCUT2D eigenvalue weighted by Crippen LogP contribution is 2.47. The maximum Gasteiger partial charge on any atom is 0.251 e. The third kappa shape index (κ3) is 5.35. The molecule has 0 spiro atoms. The van der Waals surface area contributed by atoms with Gasteiger partial charge in [0.05, 0.1) is 30.3 Å². The van der Waals surface area contributed by atoms with E-state index in [9.17, 15) is 9.18 Å². The fourth-order valence-electron chi connectivity index (χ4n) is 4.06. The van der Waals surface area contributed by atoms with Gasteiger partial charge in [-0.2, -0.15) is 0 Å². The fraction of sp³-hybridized carbons (Fsp3) is 0.269. The lowest BCUT2D eigenvalue weighted by molar-refractivity contribution is 0.0383. The van der Waals surface area contributed by atoms with Crippen molar-refractivity contribution in [2.45, 2.75) is 16.3 Å². The number of hydrogen-bond acceptors (Lipinski definition) is 6. The predicted molar refractivity (Wildman–Crippen MR) is 134 cm³/mol. The Morgan fingerprint density at radius 3 is 2.68 bits per heavy atom. The minimum Gasteiger partial charge on any atom is -0.379 e. The molecule has 2 aliphatic heterocycles. The average Bonchev–Trinajstić information content (AvgIpc) is 2.87. The van der Waals surface area contributed by atoms with Gasteiger partial charge in [0.25, 0.3) is 5.91 Å². The number of morpholine rings is 1. The zero-order chi connectivity index (χ0) is 23.3. The molecule has 3 aromatic rings. The Labute approximate surface area is 202 Å². The summed E-state index contributed by atoms with van der Waals surface area (Å²) in [6, 6.07) is 18.4. The molecule has 3 aromatic carbocycles. The summed E-state index contributed by atoms with van der Waals surface area (Å²) in [6.07, 6.45) is 0. The van der Waals surface area contributed by atoms with Crippen molar-refractivity contribution in [1.82, 2.24) is 10.2 Å². The van der Waals surface area contributed by atoms with Gasteiger partial charge in [0, 0.05) is 48.1 Å². The van der Waals surface area contributed by atoms with Gasteiger partial charge in [-0.1, -0.05) is 36.0 Å². The second kappa shape index (κ2) is 10.5. The average molecular weight is 479 g/mol. The Hall–Kier alpha value is -3.07. The molecule has 0 atom stereocenters. The van der Waals surface area contributed by atoms with Crippen LogP contribution in [0, 0.1) is 5.82 Å². The molecule has 5 rings (SSSR count). The van der Waals surface area contributed by atoms with Crippen molar-refractivity contribution in [3.8, 4) is 0 Å². The first-order chi connectivity index (χ1) is 16.7. The van der Waals surface area contributed by atoms with Gasteiger partial charge in [0.1, 0.15) is 5.82 Å². The van der Waals surface area contributed by atoms with Gasteiger partial charge in [0.15, 0.2) is 0 Å². The normalized spacial score (nSPS) is 15.1. The number of ether oxygens (including phenoxy) is 1. The van der Waals surface area contributed by atoms with Crippen LogP contribution in [0.15, 0.2) is 70.5 Å². The molecule has 1 saturated heterocycles. The van der Waals surface area contributed by atoms with Gasteiger partial charge in [-0.15, -0.1) is 0 Å². The summed E-state index contributed by atoms with van der Waals surface area (Å²) in [4.78, 5) is 17.4. The number of benzene rings is 3. The summed E-state index contributed by atoms with van der Waals surface area (Å²) in [6.45, 7) is 5.19. The van der Waals surface area contributed by atoms with Crippen LogP contribution < -0.4 is 16.0 Å². The van der Waals surface area contributed by atoms with E-state index in [4.69, 9.17) is 4.74 Å². The number of nitrogens with one attached hydrogen (secondary N) is 3. The van der Waals surface area contributed by atoms with Crippen LogP contribution in [0.1, 0.15) is 15.9 Å². The number of para-hydroxylation sites is 1. The Balaban J connectivity index is 1.34. The topological polar surface area (TPSA) is 65.6 Å². The molecule has 8 heteroatoms. The molecule has 0 saturated carbocycles. The predicted octanol–water partition coefficient (Wildman–Crippen LogP) is 4.71. The van der Waals surface area contributed by atoms with E-state index in [2.05, 4.69) is 26.9 Å². The van der Waals surface area contributed by atoms with E-state index < -0.39 is 0 Å². The van der Waals surface area contributed by atoms with Gasteiger partial charge >= 0.3 is 0 Å². The van der Waals surface area contributed by atoms with Crippen molar-refractivity contribution in [2.75, 3.05) is 50.0 Å². The molecular formula is C26H27FN4O2S. The van der Waals surface area contributed by atoms with E-state index >= 15 is 0 Å². The van der Waals surface area contributed by atoms with Crippen molar-refractivity contribution in [3.63, 3.8) is 0 Å². The molecule has 0 aliphatic carbocycles. The van der Waals surface area contributed by atoms with Gasteiger partial charge in [0.2, 0.25) is 0 Å². The smallest absolute Gasteiger partial charge is 0.251 e. The lowest BCUT2D eigenvalue weighted by Gasteiger charge is -2.26. The molecule has 0 aromatic heterocycles. The van der Waals surface area contributed by atoms with Gasteiger partial charge in [-0.05, 0) is 42.0 Å². The zero-order valence-electron chi connectivity index (χ0n) is 18.8. The Morgan fingerprint density at radius 2 is 1.85 bits per heavy atom. The Kier molecular flexibility index (Phi) is 6.99. The number of hydrogen-bond donors (Lipinski definition) is 3. The van der Waals surface area contributed by atoms with Gasteiger partial charge < -0.3 is 20.7 Å². The zero-order valence-corrected chi connectivity index (χ0v) is 19.6. The first kappa shape index (κ1) is 22.7. The largest absolute Gasteiger partial charge is 0.379 e. The van der Waals surface area contributed by atoms with Crippen molar-refractivity contribution >= 4 is 34.7 Å². The Bertz CT molecular complexity index is 1170. The van der Waals surface area contributed by atoms with Crippen LogP contribution in [0.4, 0.5) is 21.5 Å². The minimum absolute atomic E-state index is 0.0969. The minimum atomic E-state index is -0.258. The van der Waals surface area contributed by atoms with E-state index in [1.165, 1.54) is 12.1 Å². The molecule has 3 N–H and O–H groups in total. The molecule has 1 amide bonds. The molecular weight excluding hydrogens is 451 g/mol. The molecule has 34 heavy (non-hydrogen) atoms. The molecule has 176 valence electrons. The fourth-order valence-corrected chi connectivity index (χ4v) is 5.12. The third-order valence-corrected chi connectivity index (χ3v) is 7.06. The lowest BCUT2D eigenvalue weighted by Crippen LogP contribution is -2.41. The van der Waals surface area contributed by atoms with Gasteiger partial charge in [-0.3, -0.25) is 9.69 Å². The SMILES string of the molecule is O=C(NCCN1CCOCC1)c1cc(NCc2ccc(F)cc2)c2c(c1)Sc1ccccc1N2. The summed E-state index contributed by atoms with van der Waals surface area (Å²) in [5.41, 5.74) is 4.38. The number of carbonyl (C=O) groups is 1. The highest BCUT2D eigenvalue weighted by molar-refractivity contribution is 7.99. The van der Waals surface area contributed by atoms with Crippen LogP contribution in [0.25, 0.3) is 0 Å². The van der Waals surface area contributed by atoms with Crippen LogP contribution in [0.5, 0.6) is 0 Å². The maximum absolute atomic E-state index is 13.3. The number of fused-ring (bicyclic) bond motifs is 2. The van der Waals surface area contributed by atoms with Gasteiger partial charge in [-0.25, -0.2) is 4.39 Å². The number of anilines is 3. The number of halogens is 1. The van der Waals surface area contributed by atoms with E-state index in [1.54, 1.807) is 23.9 Å². The Morgan fingerprint density at radius 1 is 1.06 bits per heavy atom. The van der Waals surface area contributed by atoms with E-state index in [0.717, 1.165) is 65.3 Å². The van der Waals surface area contributed by atoms with Crippen LogP contribution in [0.3, 0.4) is 0 Å².